The molecule has 1 aliphatic carbocycles. The molecule has 1 heterocycles. The number of benzene rings is 1. The van der Waals surface area contributed by atoms with Crippen LogP contribution in [0.15, 0.2) is 24.3 Å². The Morgan fingerprint density at radius 2 is 1.90 bits per heavy atom. The van der Waals surface area contributed by atoms with E-state index in [0.717, 1.165) is 25.7 Å². The fraction of sp³-hybridized carbons (Fsp3) is 0.667. The van der Waals surface area contributed by atoms with Crippen molar-refractivity contribution < 1.29 is 4.74 Å². The van der Waals surface area contributed by atoms with Crippen molar-refractivity contribution in [2.75, 3.05) is 19.8 Å². The van der Waals surface area contributed by atoms with Gasteiger partial charge in [-0.25, -0.2) is 0 Å². The van der Waals surface area contributed by atoms with Crippen LogP contribution in [-0.4, -0.2) is 30.2 Å². The average molecular weight is 273 g/mol. The van der Waals surface area contributed by atoms with Gasteiger partial charge in [-0.05, 0) is 57.6 Å². The van der Waals surface area contributed by atoms with Crippen LogP contribution in [0.2, 0.25) is 0 Å². The molecular formula is C18H27NO. The second kappa shape index (κ2) is 4.85. The third kappa shape index (κ3) is 2.40. The summed E-state index contributed by atoms with van der Waals surface area (Å²) in [5.74, 6) is 0.784. The van der Waals surface area contributed by atoms with Gasteiger partial charge in [0.05, 0.1) is 18.8 Å². The summed E-state index contributed by atoms with van der Waals surface area (Å²) in [6.45, 7) is 12.0. The molecule has 0 bridgehead atoms. The molecule has 1 aromatic rings. The highest BCUT2D eigenvalue weighted by Gasteiger charge is 2.44. The Morgan fingerprint density at radius 1 is 1.20 bits per heavy atom. The number of nitrogens with zero attached hydrogens (tertiary/aromatic N) is 1. The third-order valence-corrected chi connectivity index (χ3v) is 4.81. The van der Waals surface area contributed by atoms with E-state index in [1.54, 1.807) is 5.56 Å². The number of hydrogen-bond acceptors (Lipinski definition) is 2. The molecule has 2 fully saturated rings. The van der Waals surface area contributed by atoms with Gasteiger partial charge in [-0.15, -0.1) is 0 Å². The van der Waals surface area contributed by atoms with Gasteiger partial charge in [0, 0.05) is 12.1 Å². The van der Waals surface area contributed by atoms with Gasteiger partial charge < -0.3 is 4.74 Å². The van der Waals surface area contributed by atoms with E-state index in [9.17, 15) is 0 Å². The zero-order valence-corrected chi connectivity index (χ0v) is 13.3. The van der Waals surface area contributed by atoms with Crippen molar-refractivity contribution in [3.63, 3.8) is 0 Å². The molecule has 20 heavy (non-hydrogen) atoms. The summed E-state index contributed by atoms with van der Waals surface area (Å²) in [5.41, 5.74) is 3.19. The molecule has 1 atom stereocenters. The molecule has 110 valence electrons. The fourth-order valence-electron chi connectivity index (χ4n) is 3.79. The number of rotatable bonds is 2. The maximum absolute atomic E-state index is 5.88. The lowest BCUT2D eigenvalue weighted by Crippen LogP contribution is -2.60. The first-order valence-corrected chi connectivity index (χ1v) is 7.88. The first-order chi connectivity index (χ1) is 9.43. The minimum Gasteiger partial charge on any atom is -0.378 e. The third-order valence-electron chi connectivity index (χ3n) is 4.81. The highest BCUT2D eigenvalue weighted by molar-refractivity contribution is 5.39. The largest absolute Gasteiger partial charge is 0.378 e. The van der Waals surface area contributed by atoms with Crippen molar-refractivity contribution in [3.8, 4) is 0 Å². The Kier molecular flexibility index (Phi) is 3.42. The molecule has 1 unspecified atom stereocenters. The molecule has 3 rings (SSSR count). The topological polar surface area (TPSA) is 12.5 Å². The van der Waals surface area contributed by atoms with E-state index in [0.29, 0.717) is 0 Å². The smallest absolute Gasteiger partial charge is 0.0690 e. The molecular weight excluding hydrogens is 246 g/mol. The van der Waals surface area contributed by atoms with Gasteiger partial charge in [-0.1, -0.05) is 24.3 Å². The summed E-state index contributed by atoms with van der Waals surface area (Å²) in [6, 6.07) is 9.02. The average Bonchev–Trinajstić information content (AvgIpc) is 3.22. The van der Waals surface area contributed by atoms with Crippen LogP contribution in [0.5, 0.6) is 0 Å². The Hall–Kier alpha value is -0.860. The van der Waals surface area contributed by atoms with Crippen molar-refractivity contribution in [1.82, 2.24) is 4.90 Å². The fourth-order valence-corrected chi connectivity index (χ4v) is 3.79. The van der Waals surface area contributed by atoms with Crippen molar-refractivity contribution >= 4 is 0 Å². The normalized spacial score (nSPS) is 28.6. The zero-order valence-electron chi connectivity index (χ0n) is 13.3. The van der Waals surface area contributed by atoms with E-state index >= 15 is 0 Å². The van der Waals surface area contributed by atoms with Gasteiger partial charge in [0.15, 0.2) is 0 Å². The molecule has 0 spiro atoms. The highest BCUT2D eigenvalue weighted by atomic mass is 16.5. The molecule has 0 radical (unpaired) electrons. The van der Waals surface area contributed by atoms with E-state index in [-0.39, 0.29) is 11.1 Å². The van der Waals surface area contributed by atoms with E-state index in [4.69, 9.17) is 4.74 Å². The molecule has 0 N–H and O–H groups in total. The number of hydrogen-bond donors (Lipinski definition) is 0. The van der Waals surface area contributed by atoms with E-state index in [1.165, 1.54) is 18.4 Å². The van der Waals surface area contributed by atoms with Crippen LogP contribution < -0.4 is 0 Å². The van der Waals surface area contributed by atoms with Crippen LogP contribution in [0.4, 0.5) is 0 Å². The van der Waals surface area contributed by atoms with E-state index < -0.39 is 0 Å². The second-order valence-electron chi connectivity index (χ2n) is 7.51. The molecule has 2 aliphatic rings. The molecule has 0 aromatic heterocycles. The molecule has 1 aromatic carbocycles. The van der Waals surface area contributed by atoms with Gasteiger partial charge >= 0.3 is 0 Å². The van der Waals surface area contributed by atoms with Crippen LogP contribution in [0, 0.1) is 0 Å². The summed E-state index contributed by atoms with van der Waals surface area (Å²) in [4.78, 5) is 2.63. The standard InChI is InChI=1S/C18H27NO/c1-17(2,3)19-11-12-20-13-18(19,4)16-8-6-5-7-15(16)14-9-10-14/h5-8,14H,9-13H2,1-4H3. The minimum atomic E-state index is -0.00428. The first kappa shape index (κ1) is 14.1. The van der Waals surface area contributed by atoms with Crippen LogP contribution in [0.1, 0.15) is 57.6 Å². The van der Waals surface area contributed by atoms with E-state index in [1.807, 2.05) is 0 Å². The minimum absolute atomic E-state index is 0.00428. The molecule has 1 saturated carbocycles. The predicted molar refractivity (Wildman–Crippen MR) is 83.0 cm³/mol. The van der Waals surface area contributed by atoms with Gasteiger partial charge in [0.1, 0.15) is 0 Å². The molecule has 1 saturated heterocycles. The predicted octanol–water partition coefficient (Wildman–Crippen LogP) is 3.91. The summed E-state index contributed by atoms with van der Waals surface area (Å²) >= 11 is 0. The zero-order chi connectivity index (χ0) is 14.4. The van der Waals surface area contributed by atoms with Crippen LogP contribution >= 0.6 is 0 Å². The monoisotopic (exact) mass is 273 g/mol. The SMILES string of the molecule is CC(C)(C)N1CCOCC1(C)c1ccccc1C1CC1. The van der Waals surface area contributed by atoms with E-state index in [2.05, 4.69) is 56.9 Å². The number of ether oxygens (including phenoxy) is 1. The molecule has 0 amide bonds. The van der Waals surface area contributed by atoms with Crippen LogP contribution in [0.25, 0.3) is 0 Å². The second-order valence-corrected chi connectivity index (χ2v) is 7.51. The Labute approximate surface area is 123 Å². The van der Waals surface area contributed by atoms with Crippen molar-refractivity contribution in [1.29, 1.82) is 0 Å². The Bertz CT molecular complexity index is 486. The summed E-state index contributed by atoms with van der Waals surface area (Å²) in [5, 5.41) is 0. The van der Waals surface area contributed by atoms with Gasteiger partial charge in [-0.3, -0.25) is 4.90 Å². The maximum atomic E-state index is 5.88. The quantitative estimate of drug-likeness (QED) is 0.810. The first-order valence-electron chi connectivity index (χ1n) is 7.88. The lowest BCUT2D eigenvalue weighted by Gasteiger charge is -2.52. The van der Waals surface area contributed by atoms with Crippen molar-refractivity contribution in [2.24, 2.45) is 0 Å². The van der Waals surface area contributed by atoms with Gasteiger partial charge in [0.25, 0.3) is 0 Å². The van der Waals surface area contributed by atoms with Crippen molar-refractivity contribution in [2.45, 2.75) is 57.5 Å². The maximum Gasteiger partial charge on any atom is 0.0690 e. The Morgan fingerprint density at radius 3 is 2.55 bits per heavy atom. The summed E-state index contributed by atoms with van der Waals surface area (Å²) in [7, 11) is 0. The van der Waals surface area contributed by atoms with Gasteiger partial charge in [0.2, 0.25) is 0 Å². The molecule has 2 heteroatoms. The lowest BCUT2D eigenvalue weighted by molar-refractivity contribution is -0.104. The molecule has 1 aliphatic heterocycles. The molecule has 2 nitrogen and oxygen atoms in total. The van der Waals surface area contributed by atoms with Gasteiger partial charge in [-0.2, -0.15) is 0 Å². The highest BCUT2D eigenvalue weighted by Crippen LogP contribution is 2.46. The van der Waals surface area contributed by atoms with Crippen LogP contribution in [0.3, 0.4) is 0 Å². The number of morpholine rings is 1. The summed E-state index contributed by atoms with van der Waals surface area (Å²) in [6.07, 6.45) is 2.70. The summed E-state index contributed by atoms with van der Waals surface area (Å²) < 4.78 is 5.88. The van der Waals surface area contributed by atoms with Crippen LogP contribution in [-0.2, 0) is 10.3 Å². The lowest BCUT2D eigenvalue weighted by atomic mass is 9.82. The Balaban J connectivity index is 2.05. The van der Waals surface area contributed by atoms with Crippen molar-refractivity contribution in [3.05, 3.63) is 35.4 Å².